The summed E-state index contributed by atoms with van der Waals surface area (Å²) in [7, 11) is 2.08. The molecule has 0 spiro atoms. The Morgan fingerprint density at radius 3 is 2.67 bits per heavy atom. The van der Waals surface area contributed by atoms with Gasteiger partial charge in [0.2, 0.25) is 0 Å². The molecule has 0 amide bonds. The molecule has 0 bridgehead atoms. The number of nitrogens with zero attached hydrogens (tertiary/aromatic N) is 3. The van der Waals surface area contributed by atoms with Crippen LogP contribution in [0.2, 0.25) is 0 Å². The van der Waals surface area contributed by atoms with Gasteiger partial charge in [-0.2, -0.15) is 0 Å². The minimum Gasteiger partial charge on any atom is -0.353 e. The van der Waals surface area contributed by atoms with Crippen molar-refractivity contribution >= 4 is 51.7 Å². The number of aromatic amines is 1. The lowest BCUT2D eigenvalue weighted by Gasteiger charge is -1.97. The predicted molar refractivity (Wildman–Crippen MR) is 105 cm³/mol. The van der Waals surface area contributed by atoms with E-state index in [0.717, 1.165) is 21.6 Å². The Morgan fingerprint density at radius 2 is 1.96 bits per heavy atom. The van der Waals surface area contributed by atoms with Crippen LogP contribution in [-0.4, -0.2) is 21.3 Å². The van der Waals surface area contributed by atoms with Gasteiger partial charge in [-0.1, -0.05) is 26.0 Å². The highest BCUT2D eigenvalue weighted by Gasteiger charge is 2.13. The molecule has 4 heteroatoms. The Bertz CT molecular complexity index is 1160. The number of rotatable bonds is 1. The van der Waals surface area contributed by atoms with Crippen LogP contribution in [0.5, 0.6) is 0 Å². The van der Waals surface area contributed by atoms with Crippen molar-refractivity contribution in [1.82, 2.24) is 14.5 Å². The average molecular weight is 318 g/mol. The quantitative estimate of drug-likeness (QED) is 0.537. The summed E-state index contributed by atoms with van der Waals surface area (Å²) >= 11 is 0. The van der Waals surface area contributed by atoms with Gasteiger partial charge in [0.1, 0.15) is 0 Å². The van der Waals surface area contributed by atoms with Crippen molar-refractivity contribution in [3.63, 3.8) is 0 Å². The molecule has 0 aliphatic carbocycles. The maximum atomic E-state index is 4.25. The lowest BCUT2D eigenvalue weighted by Crippen LogP contribution is -2.21. The van der Waals surface area contributed by atoms with Crippen molar-refractivity contribution in [3.05, 3.63) is 41.2 Å². The summed E-state index contributed by atoms with van der Waals surface area (Å²) in [6, 6.07) is 6.41. The topological polar surface area (TPSA) is 46.0 Å². The molecule has 0 atom stereocenters. The molecule has 3 aromatic heterocycles. The number of aliphatic imine (C=N–C) groups is 1. The van der Waals surface area contributed by atoms with Crippen LogP contribution >= 0.6 is 0 Å². The van der Waals surface area contributed by atoms with E-state index in [4.69, 9.17) is 0 Å². The number of nitrogens with one attached hydrogen (secondary N) is 1. The second-order valence-electron chi connectivity index (χ2n) is 5.39. The minimum atomic E-state index is 0.992. The van der Waals surface area contributed by atoms with E-state index in [-0.39, 0.29) is 0 Å². The minimum absolute atomic E-state index is 0.992. The van der Waals surface area contributed by atoms with E-state index in [1.54, 1.807) is 6.20 Å². The lowest BCUT2D eigenvalue weighted by atomic mass is 10.1. The summed E-state index contributed by atoms with van der Waals surface area (Å²) in [5, 5.41) is 5.79. The number of pyridine rings is 1. The highest BCUT2D eigenvalue weighted by atomic mass is 14.9. The Morgan fingerprint density at radius 1 is 1.17 bits per heavy atom. The lowest BCUT2D eigenvalue weighted by molar-refractivity contribution is 1.01. The summed E-state index contributed by atoms with van der Waals surface area (Å²) in [5.41, 5.74) is 3.46. The molecule has 1 aromatic carbocycles. The van der Waals surface area contributed by atoms with Crippen molar-refractivity contribution in [1.29, 1.82) is 0 Å². The molecule has 4 nitrogen and oxygen atoms in total. The van der Waals surface area contributed by atoms with E-state index in [1.165, 1.54) is 21.7 Å². The molecule has 1 N–H and O–H groups in total. The summed E-state index contributed by atoms with van der Waals surface area (Å²) in [5.74, 6) is 0. The molecule has 0 fully saturated rings. The molecule has 0 unspecified atom stereocenters. The van der Waals surface area contributed by atoms with Crippen LogP contribution in [0.3, 0.4) is 0 Å². The van der Waals surface area contributed by atoms with Gasteiger partial charge in [-0.15, -0.1) is 0 Å². The summed E-state index contributed by atoms with van der Waals surface area (Å²) in [6.07, 6.45) is 7.63. The van der Waals surface area contributed by atoms with Crippen LogP contribution in [0, 0.1) is 0 Å². The van der Waals surface area contributed by atoms with E-state index < -0.39 is 0 Å². The van der Waals surface area contributed by atoms with Gasteiger partial charge >= 0.3 is 0 Å². The van der Waals surface area contributed by atoms with Crippen molar-refractivity contribution in [3.8, 4) is 0 Å². The smallest absolute Gasteiger partial charge is 0.0675 e. The summed E-state index contributed by atoms with van der Waals surface area (Å²) < 4.78 is 2.18. The molecule has 3 heterocycles. The number of benzene rings is 1. The summed E-state index contributed by atoms with van der Waals surface area (Å²) in [6.45, 7) is 9.61. The van der Waals surface area contributed by atoms with Crippen molar-refractivity contribution in [2.75, 3.05) is 0 Å². The van der Waals surface area contributed by atoms with Gasteiger partial charge in [-0.25, -0.2) is 0 Å². The first kappa shape index (κ1) is 16.0. The Labute approximate surface area is 140 Å². The van der Waals surface area contributed by atoms with E-state index in [1.807, 2.05) is 33.2 Å². The number of hydrogen-bond acceptors (Lipinski definition) is 2. The zero-order valence-corrected chi connectivity index (χ0v) is 14.6. The number of aromatic nitrogens is 3. The number of aryl methyl sites for hydroxylation is 1. The first-order valence-corrected chi connectivity index (χ1v) is 8.21. The van der Waals surface area contributed by atoms with Crippen molar-refractivity contribution in [2.24, 2.45) is 12.0 Å². The third-order valence-corrected chi connectivity index (χ3v) is 4.32. The normalized spacial score (nSPS) is 12.8. The fourth-order valence-electron chi connectivity index (χ4n) is 3.34. The second-order valence-corrected chi connectivity index (χ2v) is 5.39. The van der Waals surface area contributed by atoms with E-state index in [0.29, 0.717) is 0 Å². The van der Waals surface area contributed by atoms with Crippen LogP contribution in [0.25, 0.3) is 45.0 Å². The van der Waals surface area contributed by atoms with Crippen LogP contribution in [0.15, 0.2) is 35.6 Å². The van der Waals surface area contributed by atoms with Gasteiger partial charge in [0.05, 0.1) is 34.3 Å². The first-order chi connectivity index (χ1) is 11.8. The third-order valence-electron chi connectivity index (χ3n) is 4.32. The SMILES string of the molecule is C=N/C=c1/[nH]c2c(ccc3c2c2ccncc2n3C)/c1=C/C.CC. The van der Waals surface area contributed by atoms with Gasteiger partial charge in [0, 0.05) is 34.6 Å². The van der Waals surface area contributed by atoms with Crippen molar-refractivity contribution in [2.45, 2.75) is 20.8 Å². The molecule has 0 saturated carbocycles. The van der Waals surface area contributed by atoms with Gasteiger partial charge < -0.3 is 9.55 Å². The Balaban J connectivity index is 0.000000815. The fourth-order valence-corrected chi connectivity index (χ4v) is 3.34. The molecular formula is C20H22N4. The van der Waals surface area contributed by atoms with Crippen LogP contribution in [-0.2, 0) is 7.05 Å². The zero-order chi connectivity index (χ0) is 17.3. The van der Waals surface area contributed by atoms with Gasteiger partial charge in [-0.05, 0) is 25.8 Å². The highest BCUT2D eigenvalue weighted by molar-refractivity contribution is 6.19. The molecule has 0 radical (unpaired) electrons. The molecule has 4 aromatic rings. The third kappa shape index (κ3) is 2.14. The first-order valence-electron chi connectivity index (χ1n) is 8.21. The monoisotopic (exact) mass is 318 g/mol. The van der Waals surface area contributed by atoms with Crippen molar-refractivity contribution < 1.29 is 0 Å². The Kier molecular flexibility index (Phi) is 4.21. The second kappa shape index (κ2) is 6.32. The Hall–Kier alpha value is -2.88. The van der Waals surface area contributed by atoms with Crippen LogP contribution < -0.4 is 10.6 Å². The van der Waals surface area contributed by atoms with Gasteiger partial charge in [0.25, 0.3) is 0 Å². The summed E-state index contributed by atoms with van der Waals surface area (Å²) in [4.78, 5) is 11.7. The zero-order valence-electron chi connectivity index (χ0n) is 14.6. The maximum absolute atomic E-state index is 4.25. The van der Waals surface area contributed by atoms with Crippen LogP contribution in [0.1, 0.15) is 20.8 Å². The molecular weight excluding hydrogens is 296 g/mol. The number of H-pyrrole nitrogens is 1. The van der Waals surface area contributed by atoms with E-state index >= 15 is 0 Å². The predicted octanol–water partition coefficient (Wildman–Crippen LogP) is 3.47. The fraction of sp³-hybridized carbons (Fsp3) is 0.200. The molecule has 0 aliphatic rings. The highest BCUT2D eigenvalue weighted by Crippen LogP contribution is 2.31. The van der Waals surface area contributed by atoms with Crippen LogP contribution in [0.4, 0.5) is 0 Å². The number of fused-ring (bicyclic) bond motifs is 5. The standard InChI is InChI=1S/C18H16N4.C2H6/c1-4-11-12-5-6-15-17(18(12)21-14(11)9-19-2)13-7-8-20-10-16(13)22(15)3;1-2/h4-10,21H,2H2,1,3H3;1-2H3/b11-4-,14-9+;. The molecule has 0 aliphatic heterocycles. The number of hydrogen-bond donors (Lipinski definition) is 1. The average Bonchev–Trinajstić information content (AvgIpc) is 3.13. The van der Waals surface area contributed by atoms with Gasteiger partial charge in [0.15, 0.2) is 0 Å². The van der Waals surface area contributed by atoms with E-state index in [2.05, 4.69) is 57.6 Å². The maximum Gasteiger partial charge on any atom is 0.0675 e. The molecule has 4 rings (SSSR count). The molecule has 24 heavy (non-hydrogen) atoms. The largest absolute Gasteiger partial charge is 0.353 e. The molecule has 0 saturated heterocycles. The van der Waals surface area contributed by atoms with Gasteiger partial charge in [-0.3, -0.25) is 9.98 Å². The molecule has 122 valence electrons. The van der Waals surface area contributed by atoms with E-state index in [9.17, 15) is 0 Å².